The van der Waals surface area contributed by atoms with Gasteiger partial charge in [0.2, 0.25) is 5.75 Å². The van der Waals surface area contributed by atoms with E-state index in [9.17, 15) is 10.1 Å². The molecule has 2 rings (SSSR count). The van der Waals surface area contributed by atoms with Crippen molar-refractivity contribution in [2.24, 2.45) is 0 Å². The maximum atomic E-state index is 11.1. The zero-order valence-corrected chi connectivity index (χ0v) is 12.9. The number of alkyl halides is 1. The van der Waals surface area contributed by atoms with E-state index in [4.69, 9.17) is 16.3 Å². The molecule has 2 aromatic carbocycles. The fraction of sp³-hybridized carbons (Fsp3) is 0.143. The summed E-state index contributed by atoms with van der Waals surface area (Å²) in [5.74, 6) is 0.931. The molecule has 0 aromatic heterocycles. The Kier molecular flexibility index (Phi) is 4.62. The molecule has 0 heterocycles. The van der Waals surface area contributed by atoms with E-state index in [0.717, 1.165) is 10.0 Å². The fourth-order valence-electron chi connectivity index (χ4n) is 1.68. The van der Waals surface area contributed by atoms with E-state index in [-0.39, 0.29) is 17.3 Å². The molecule has 2 aromatic rings. The number of hydrogen-bond donors (Lipinski definition) is 0. The van der Waals surface area contributed by atoms with Crippen molar-refractivity contribution in [3.63, 3.8) is 0 Å². The number of nitrogens with zero attached hydrogens (tertiary/aromatic N) is 1. The van der Waals surface area contributed by atoms with Crippen LogP contribution >= 0.6 is 27.5 Å². The lowest BCUT2D eigenvalue weighted by atomic mass is 10.2. The second kappa shape index (κ2) is 6.24. The van der Waals surface area contributed by atoms with Gasteiger partial charge in [-0.05, 0) is 52.2 Å². The Hall–Kier alpha value is -1.59. The van der Waals surface area contributed by atoms with Crippen molar-refractivity contribution >= 4 is 33.2 Å². The number of nitro benzene ring substituents is 1. The first kappa shape index (κ1) is 14.8. The maximum Gasteiger partial charge on any atom is 0.311 e. The normalized spacial score (nSPS) is 10.3. The van der Waals surface area contributed by atoms with Crippen LogP contribution in [0.4, 0.5) is 5.69 Å². The predicted octanol–water partition coefficient (Wildman–Crippen LogP) is 5.20. The van der Waals surface area contributed by atoms with E-state index < -0.39 is 4.92 Å². The molecule has 20 heavy (non-hydrogen) atoms. The van der Waals surface area contributed by atoms with Crippen molar-refractivity contribution in [3.8, 4) is 11.5 Å². The number of hydrogen-bond acceptors (Lipinski definition) is 3. The minimum absolute atomic E-state index is 0.101. The molecule has 0 radical (unpaired) electrons. The first-order chi connectivity index (χ1) is 9.51. The van der Waals surface area contributed by atoms with Crippen LogP contribution in [0.2, 0.25) is 0 Å². The minimum Gasteiger partial charge on any atom is -0.449 e. The Morgan fingerprint density at radius 1 is 1.25 bits per heavy atom. The molecule has 6 heteroatoms. The average molecular weight is 357 g/mol. The highest BCUT2D eigenvalue weighted by Gasteiger charge is 2.17. The SMILES string of the molecule is Cc1ccc(Oc2ccc(CCl)cc2[N+](=O)[O-])c(Br)c1. The molecule has 0 amide bonds. The number of benzene rings is 2. The van der Waals surface area contributed by atoms with E-state index in [2.05, 4.69) is 15.9 Å². The quantitative estimate of drug-likeness (QED) is 0.430. The van der Waals surface area contributed by atoms with Gasteiger partial charge in [0.1, 0.15) is 5.75 Å². The van der Waals surface area contributed by atoms with E-state index >= 15 is 0 Å². The van der Waals surface area contributed by atoms with Gasteiger partial charge in [-0.15, -0.1) is 11.6 Å². The highest BCUT2D eigenvalue weighted by Crippen LogP contribution is 2.36. The summed E-state index contributed by atoms with van der Waals surface area (Å²) in [4.78, 5) is 10.6. The van der Waals surface area contributed by atoms with Crippen LogP contribution in [-0.2, 0) is 5.88 Å². The van der Waals surface area contributed by atoms with Gasteiger partial charge in [0.05, 0.1) is 9.40 Å². The molecule has 0 unspecified atom stereocenters. The average Bonchev–Trinajstić information content (AvgIpc) is 2.42. The molecule has 0 saturated carbocycles. The van der Waals surface area contributed by atoms with Crippen LogP contribution in [0.15, 0.2) is 40.9 Å². The van der Waals surface area contributed by atoms with Gasteiger partial charge < -0.3 is 4.74 Å². The lowest BCUT2D eigenvalue weighted by Crippen LogP contribution is -1.95. The molecule has 0 saturated heterocycles. The number of halogens is 2. The Bertz CT molecular complexity index is 661. The summed E-state index contributed by atoms with van der Waals surface area (Å²) in [5, 5.41) is 11.1. The lowest BCUT2D eigenvalue weighted by Gasteiger charge is -2.09. The molecule has 0 N–H and O–H groups in total. The Morgan fingerprint density at radius 3 is 2.55 bits per heavy atom. The summed E-state index contributed by atoms with van der Waals surface area (Å²) in [5.41, 5.74) is 1.64. The van der Waals surface area contributed by atoms with Crippen LogP contribution < -0.4 is 4.74 Å². The molecule has 0 bridgehead atoms. The number of nitro groups is 1. The lowest BCUT2D eigenvalue weighted by molar-refractivity contribution is -0.385. The number of ether oxygens (including phenoxy) is 1. The van der Waals surface area contributed by atoms with E-state index in [0.29, 0.717) is 11.3 Å². The molecule has 4 nitrogen and oxygen atoms in total. The zero-order chi connectivity index (χ0) is 14.7. The van der Waals surface area contributed by atoms with Gasteiger partial charge >= 0.3 is 5.69 Å². The van der Waals surface area contributed by atoms with Crippen molar-refractivity contribution < 1.29 is 9.66 Å². The van der Waals surface area contributed by atoms with Crippen molar-refractivity contribution in [3.05, 3.63) is 62.1 Å². The molecule has 0 aliphatic heterocycles. The van der Waals surface area contributed by atoms with Crippen molar-refractivity contribution in [1.82, 2.24) is 0 Å². The number of aryl methyl sites for hydroxylation is 1. The van der Waals surface area contributed by atoms with Crippen LogP contribution in [-0.4, -0.2) is 4.92 Å². The molecule has 0 spiro atoms. The molecule has 0 atom stereocenters. The largest absolute Gasteiger partial charge is 0.449 e. The topological polar surface area (TPSA) is 52.4 Å². The van der Waals surface area contributed by atoms with Gasteiger partial charge in [-0.25, -0.2) is 0 Å². The van der Waals surface area contributed by atoms with Crippen molar-refractivity contribution in [1.29, 1.82) is 0 Å². The number of rotatable bonds is 4. The Balaban J connectivity index is 2.40. The summed E-state index contributed by atoms with van der Waals surface area (Å²) < 4.78 is 6.37. The van der Waals surface area contributed by atoms with Gasteiger partial charge in [0.15, 0.2) is 0 Å². The fourth-order valence-corrected chi connectivity index (χ4v) is 2.42. The Labute approximate surface area is 129 Å². The predicted molar refractivity (Wildman–Crippen MR) is 81.6 cm³/mol. The standard InChI is InChI=1S/C14H11BrClNO3/c1-9-2-4-13(11(15)6-9)20-14-5-3-10(8-16)7-12(14)17(18)19/h2-7H,8H2,1H3. The van der Waals surface area contributed by atoms with Crippen LogP contribution in [0.3, 0.4) is 0 Å². The monoisotopic (exact) mass is 355 g/mol. The summed E-state index contributed by atoms with van der Waals surface area (Å²) in [7, 11) is 0. The summed E-state index contributed by atoms with van der Waals surface area (Å²) in [6.45, 7) is 1.95. The van der Waals surface area contributed by atoms with Crippen LogP contribution in [0, 0.1) is 17.0 Å². The second-order valence-corrected chi connectivity index (χ2v) is 5.35. The van der Waals surface area contributed by atoms with Crippen LogP contribution in [0.1, 0.15) is 11.1 Å². The van der Waals surface area contributed by atoms with E-state index in [1.54, 1.807) is 18.2 Å². The van der Waals surface area contributed by atoms with Gasteiger partial charge in [0, 0.05) is 11.9 Å². The summed E-state index contributed by atoms with van der Waals surface area (Å²) in [6, 6.07) is 10.2. The summed E-state index contributed by atoms with van der Waals surface area (Å²) >= 11 is 9.07. The molecule has 104 valence electrons. The van der Waals surface area contributed by atoms with Crippen molar-refractivity contribution in [2.45, 2.75) is 12.8 Å². The van der Waals surface area contributed by atoms with Crippen LogP contribution in [0.25, 0.3) is 0 Å². The van der Waals surface area contributed by atoms with Gasteiger partial charge in [-0.3, -0.25) is 10.1 Å². The Morgan fingerprint density at radius 2 is 1.95 bits per heavy atom. The van der Waals surface area contributed by atoms with Crippen molar-refractivity contribution in [2.75, 3.05) is 0 Å². The summed E-state index contributed by atoms with van der Waals surface area (Å²) in [6.07, 6.45) is 0. The van der Waals surface area contributed by atoms with E-state index in [1.165, 1.54) is 6.07 Å². The minimum atomic E-state index is -0.479. The first-order valence-electron chi connectivity index (χ1n) is 5.78. The van der Waals surface area contributed by atoms with Gasteiger partial charge in [0.25, 0.3) is 0 Å². The third-order valence-corrected chi connectivity index (χ3v) is 3.61. The maximum absolute atomic E-state index is 11.1. The highest BCUT2D eigenvalue weighted by molar-refractivity contribution is 9.10. The second-order valence-electron chi connectivity index (χ2n) is 4.23. The molecular weight excluding hydrogens is 346 g/mol. The van der Waals surface area contributed by atoms with Gasteiger partial charge in [-0.1, -0.05) is 12.1 Å². The third kappa shape index (κ3) is 3.29. The smallest absolute Gasteiger partial charge is 0.311 e. The van der Waals surface area contributed by atoms with E-state index in [1.807, 2.05) is 19.1 Å². The van der Waals surface area contributed by atoms with Crippen LogP contribution in [0.5, 0.6) is 11.5 Å². The molecule has 0 aliphatic rings. The molecular formula is C14H11BrClNO3. The zero-order valence-electron chi connectivity index (χ0n) is 10.6. The molecule has 0 aliphatic carbocycles. The molecule has 0 fully saturated rings. The first-order valence-corrected chi connectivity index (χ1v) is 7.11. The van der Waals surface area contributed by atoms with Gasteiger partial charge in [-0.2, -0.15) is 0 Å². The highest BCUT2D eigenvalue weighted by atomic mass is 79.9. The third-order valence-electron chi connectivity index (χ3n) is 2.68.